The molecule has 0 atom stereocenters. The van der Waals surface area contributed by atoms with Gasteiger partial charge in [-0.1, -0.05) is 24.3 Å². The molecule has 2 rings (SSSR count). The Labute approximate surface area is 175 Å². The molecule has 1 amide bonds. The van der Waals surface area contributed by atoms with Crippen molar-refractivity contribution in [3.05, 3.63) is 87.5 Å². The molecular weight excluding hydrogens is 382 g/mol. The SMILES string of the molecule is C=CCc1cc(/C=C(/C#N)C(=O)NC(C)C)ccc1OCc1cccc([N+](=O)[O-])c1. The number of nitro groups is 1. The number of hydrogen-bond acceptors (Lipinski definition) is 5. The van der Waals surface area contributed by atoms with Crippen molar-refractivity contribution in [2.75, 3.05) is 0 Å². The number of nitriles is 1. The van der Waals surface area contributed by atoms with E-state index < -0.39 is 10.8 Å². The van der Waals surface area contributed by atoms with Crippen LogP contribution in [0.1, 0.15) is 30.5 Å². The molecule has 2 aromatic rings. The van der Waals surface area contributed by atoms with E-state index in [0.29, 0.717) is 23.3 Å². The molecule has 0 aliphatic carbocycles. The maximum atomic E-state index is 12.1. The minimum atomic E-state index is -0.448. The van der Waals surface area contributed by atoms with Crippen molar-refractivity contribution in [3.8, 4) is 11.8 Å². The van der Waals surface area contributed by atoms with Gasteiger partial charge in [0.1, 0.15) is 24.0 Å². The summed E-state index contributed by atoms with van der Waals surface area (Å²) in [6.45, 7) is 7.56. The van der Waals surface area contributed by atoms with E-state index >= 15 is 0 Å². The van der Waals surface area contributed by atoms with E-state index in [2.05, 4.69) is 11.9 Å². The molecule has 7 heteroatoms. The quantitative estimate of drug-likeness (QED) is 0.220. The Hall–Kier alpha value is -3.92. The third-order valence-electron chi connectivity index (χ3n) is 4.06. The van der Waals surface area contributed by atoms with Crippen LogP contribution < -0.4 is 10.1 Å². The Bertz CT molecular complexity index is 1020. The number of rotatable bonds is 9. The fraction of sp³-hybridized carbons (Fsp3) is 0.217. The smallest absolute Gasteiger partial charge is 0.269 e. The van der Waals surface area contributed by atoms with Crippen molar-refractivity contribution in [2.24, 2.45) is 0 Å². The lowest BCUT2D eigenvalue weighted by molar-refractivity contribution is -0.384. The molecule has 0 aliphatic heterocycles. The largest absolute Gasteiger partial charge is 0.489 e. The van der Waals surface area contributed by atoms with Crippen LogP contribution in [0.25, 0.3) is 6.08 Å². The Kier molecular flexibility index (Phi) is 7.89. The van der Waals surface area contributed by atoms with Crippen molar-refractivity contribution >= 4 is 17.7 Å². The minimum Gasteiger partial charge on any atom is -0.489 e. The van der Waals surface area contributed by atoms with E-state index in [-0.39, 0.29) is 23.9 Å². The van der Waals surface area contributed by atoms with Crippen molar-refractivity contribution in [1.29, 1.82) is 5.26 Å². The molecule has 0 radical (unpaired) electrons. The van der Waals surface area contributed by atoms with Gasteiger partial charge in [-0.05, 0) is 55.2 Å². The summed E-state index contributed by atoms with van der Waals surface area (Å²) in [6.07, 6.45) is 3.76. The van der Waals surface area contributed by atoms with Crippen molar-refractivity contribution in [2.45, 2.75) is 32.9 Å². The molecule has 30 heavy (non-hydrogen) atoms. The molecule has 154 valence electrons. The number of hydrogen-bond donors (Lipinski definition) is 1. The predicted octanol–water partition coefficient (Wildman–Crippen LogP) is 4.33. The molecule has 0 fully saturated rings. The van der Waals surface area contributed by atoms with Crippen LogP contribution >= 0.6 is 0 Å². The first-order chi connectivity index (χ1) is 14.3. The van der Waals surface area contributed by atoms with Gasteiger partial charge in [-0.3, -0.25) is 14.9 Å². The van der Waals surface area contributed by atoms with Crippen LogP contribution in [0, 0.1) is 21.4 Å². The number of nitrogens with zero attached hydrogens (tertiary/aromatic N) is 2. The molecule has 0 saturated carbocycles. The monoisotopic (exact) mass is 405 g/mol. The van der Waals surface area contributed by atoms with Gasteiger partial charge in [-0.25, -0.2) is 0 Å². The Morgan fingerprint density at radius 3 is 2.73 bits per heavy atom. The van der Waals surface area contributed by atoms with Gasteiger partial charge in [-0.15, -0.1) is 6.58 Å². The lowest BCUT2D eigenvalue weighted by Gasteiger charge is -2.12. The topological polar surface area (TPSA) is 105 Å². The number of benzene rings is 2. The zero-order valence-electron chi connectivity index (χ0n) is 16.9. The molecule has 0 aromatic heterocycles. The van der Waals surface area contributed by atoms with Crippen LogP contribution in [0.15, 0.2) is 60.7 Å². The second-order valence-corrected chi connectivity index (χ2v) is 6.87. The molecule has 0 bridgehead atoms. The number of allylic oxidation sites excluding steroid dienone is 1. The molecule has 0 unspecified atom stereocenters. The molecule has 7 nitrogen and oxygen atoms in total. The van der Waals surface area contributed by atoms with Gasteiger partial charge < -0.3 is 10.1 Å². The van der Waals surface area contributed by atoms with E-state index in [0.717, 1.165) is 5.56 Å². The lowest BCUT2D eigenvalue weighted by Crippen LogP contribution is -2.30. The van der Waals surface area contributed by atoms with Crippen LogP contribution in [-0.2, 0) is 17.8 Å². The summed E-state index contributed by atoms with van der Waals surface area (Å²) in [4.78, 5) is 22.6. The van der Waals surface area contributed by atoms with Gasteiger partial charge in [0.2, 0.25) is 0 Å². The van der Waals surface area contributed by atoms with Gasteiger partial charge >= 0.3 is 0 Å². The van der Waals surface area contributed by atoms with Crippen molar-refractivity contribution < 1.29 is 14.5 Å². The maximum Gasteiger partial charge on any atom is 0.269 e. The average molecular weight is 405 g/mol. The van der Waals surface area contributed by atoms with Gasteiger partial charge in [-0.2, -0.15) is 5.26 Å². The van der Waals surface area contributed by atoms with Crippen LogP contribution in [0.4, 0.5) is 5.69 Å². The zero-order chi connectivity index (χ0) is 22.1. The first kappa shape index (κ1) is 22.4. The molecule has 0 spiro atoms. The fourth-order valence-corrected chi connectivity index (χ4v) is 2.72. The first-order valence-electron chi connectivity index (χ1n) is 9.36. The van der Waals surface area contributed by atoms with E-state index in [1.54, 1.807) is 30.3 Å². The molecule has 1 N–H and O–H groups in total. The highest BCUT2D eigenvalue weighted by Crippen LogP contribution is 2.24. The summed E-state index contributed by atoms with van der Waals surface area (Å²) in [5, 5.41) is 22.9. The maximum absolute atomic E-state index is 12.1. The third-order valence-corrected chi connectivity index (χ3v) is 4.06. The third kappa shape index (κ3) is 6.31. The normalized spacial score (nSPS) is 10.9. The molecule has 2 aromatic carbocycles. The number of amides is 1. The summed E-state index contributed by atoms with van der Waals surface area (Å²) in [5.41, 5.74) is 2.20. The van der Waals surface area contributed by atoms with Crippen molar-refractivity contribution in [3.63, 3.8) is 0 Å². The Morgan fingerprint density at radius 2 is 2.10 bits per heavy atom. The Morgan fingerprint density at radius 1 is 1.33 bits per heavy atom. The second kappa shape index (κ2) is 10.6. The van der Waals surface area contributed by atoms with Crippen LogP contribution in [0.3, 0.4) is 0 Å². The summed E-state index contributed by atoms with van der Waals surface area (Å²) < 4.78 is 5.86. The molecule has 0 aliphatic rings. The summed E-state index contributed by atoms with van der Waals surface area (Å²) in [7, 11) is 0. The van der Waals surface area contributed by atoms with Crippen LogP contribution in [0.2, 0.25) is 0 Å². The minimum absolute atomic E-state index is 0.00612. The van der Waals surface area contributed by atoms with Gasteiger partial charge in [0.05, 0.1) is 4.92 Å². The van der Waals surface area contributed by atoms with E-state index in [9.17, 15) is 20.2 Å². The number of carbonyl (C=O) groups excluding carboxylic acids is 1. The fourth-order valence-electron chi connectivity index (χ4n) is 2.72. The van der Waals surface area contributed by atoms with Crippen LogP contribution in [-0.4, -0.2) is 16.9 Å². The predicted molar refractivity (Wildman–Crippen MR) is 115 cm³/mol. The van der Waals surface area contributed by atoms with E-state index in [4.69, 9.17) is 4.74 Å². The van der Waals surface area contributed by atoms with Gasteiger partial charge in [0.15, 0.2) is 0 Å². The van der Waals surface area contributed by atoms with E-state index in [1.807, 2.05) is 26.0 Å². The number of carbonyl (C=O) groups is 1. The summed E-state index contributed by atoms with van der Waals surface area (Å²) in [6, 6.07) is 13.4. The highest BCUT2D eigenvalue weighted by atomic mass is 16.6. The standard InChI is InChI=1S/C23H23N3O4/c1-4-6-19-11-17(12-20(14-24)23(27)25-16(2)3)9-10-22(19)30-15-18-7-5-8-21(13-18)26(28)29/h4-5,7-13,16H,1,6,15H2,2-3H3,(H,25,27)/b20-12-. The number of ether oxygens (including phenoxy) is 1. The summed E-state index contributed by atoms with van der Waals surface area (Å²) >= 11 is 0. The second-order valence-electron chi connectivity index (χ2n) is 6.87. The van der Waals surface area contributed by atoms with Gasteiger partial charge in [0.25, 0.3) is 11.6 Å². The highest BCUT2D eigenvalue weighted by Gasteiger charge is 2.12. The molecule has 0 heterocycles. The average Bonchev–Trinajstić information content (AvgIpc) is 2.71. The zero-order valence-corrected chi connectivity index (χ0v) is 16.9. The van der Waals surface area contributed by atoms with E-state index in [1.165, 1.54) is 18.2 Å². The first-order valence-corrected chi connectivity index (χ1v) is 9.36. The molecular formula is C23H23N3O4. The number of nitro benzene ring substituents is 1. The number of non-ortho nitro benzene ring substituents is 1. The van der Waals surface area contributed by atoms with Crippen molar-refractivity contribution in [1.82, 2.24) is 5.32 Å². The summed E-state index contributed by atoms with van der Waals surface area (Å²) in [5.74, 6) is 0.174. The van der Waals surface area contributed by atoms with Gasteiger partial charge in [0, 0.05) is 18.2 Å². The highest BCUT2D eigenvalue weighted by molar-refractivity contribution is 6.01. The Balaban J connectivity index is 2.24. The number of nitrogens with one attached hydrogen (secondary N) is 1. The lowest BCUT2D eigenvalue weighted by atomic mass is 10.0. The molecule has 0 saturated heterocycles. The van der Waals surface area contributed by atoms with Crippen LogP contribution in [0.5, 0.6) is 5.75 Å².